The molecule has 0 aliphatic carbocycles. The summed E-state index contributed by atoms with van der Waals surface area (Å²) < 4.78 is 37.3. The van der Waals surface area contributed by atoms with Crippen molar-refractivity contribution in [2.75, 3.05) is 5.32 Å². The molecule has 0 aliphatic heterocycles. The van der Waals surface area contributed by atoms with Gasteiger partial charge in [-0.05, 0) is 41.6 Å². The largest absolute Gasteiger partial charge is 0.508 e. The topological polar surface area (TPSA) is 32.3 Å². The number of hydrogen-bond acceptors (Lipinski definition) is 3. The van der Waals surface area contributed by atoms with E-state index in [4.69, 9.17) is 5.11 Å². The van der Waals surface area contributed by atoms with Gasteiger partial charge in [0.05, 0.1) is 0 Å². The highest BCUT2D eigenvalue weighted by molar-refractivity contribution is 8.00. The Labute approximate surface area is 118 Å². The second-order valence-corrected chi connectivity index (χ2v) is 5.17. The molecule has 20 heavy (non-hydrogen) atoms. The van der Waals surface area contributed by atoms with Crippen molar-refractivity contribution >= 4 is 17.4 Å². The summed E-state index contributed by atoms with van der Waals surface area (Å²) in [5.41, 5.74) is -3.01. The zero-order valence-electron chi connectivity index (χ0n) is 10.3. The molecule has 2 aromatic carbocycles. The second kappa shape index (κ2) is 6.09. The number of aromatic hydroxyl groups is 1. The van der Waals surface area contributed by atoms with E-state index in [1.165, 1.54) is 18.2 Å². The van der Waals surface area contributed by atoms with Crippen LogP contribution in [0, 0.1) is 0 Å². The summed E-state index contributed by atoms with van der Waals surface area (Å²) in [5, 5.41) is 12.1. The van der Waals surface area contributed by atoms with Crippen LogP contribution in [-0.4, -0.2) is 10.6 Å². The average Bonchev–Trinajstić information content (AvgIpc) is 2.38. The Hall–Kier alpha value is -1.82. The van der Waals surface area contributed by atoms with Crippen molar-refractivity contribution in [3.63, 3.8) is 0 Å². The van der Waals surface area contributed by atoms with Gasteiger partial charge < -0.3 is 10.4 Å². The summed E-state index contributed by atoms with van der Waals surface area (Å²) in [6, 6.07) is 12.8. The third-order valence-corrected chi connectivity index (χ3v) is 3.34. The van der Waals surface area contributed by atoms with Crippen LogP contribution in [0.1, 0.15) is 5.56 Å². The van der Waals surface area contributed by atoms with Crippen molar-refractivity contribution in [1.82, 2.24) is 0 Å². The van der Waals surface area contributed by atoms with Crippen LogP contribution in [0.25, 0.3) is 0 Å². The van der Waals surface area contributed by atoms with Gasteiger partial charge in [-0.3, -0.25) is 0 Å². The van der Waals surface area contributed by atoms with Crippen LogP contribution in [0.15, 0.2) is 53.4 Å². The number of nitrogens with one attached hydrogen (secondary N) is 1. The Morgan fingerprint density at radius 1 is 1.00 bits per heavy atom. The lowest BCUT2D eigenvalue weighted by atomic mass is 10.2. The lowest BCUT2D eigenvalue weighted by Crippen LogP contribution is -2.04. The van der Waals surface area contributed by atoms with Crippen LogP contribution in [0.3, 0.4) is 0 Å². The van der Waals surface area contributed by atoms with Gasteiger partial charge in [0.2, 0.25) is 0 Å². The fourth-order valence-electron chi connectivity index (χ4n) is 1.64. The summed E-state index contributed by atoms with van der Waals surface area (Å²) >= 11 is -0.138. The number of anilines is 1. The highest BCUT2D eigenvalue weighted by atomic mass is 32.2. The maximum Gasteiger partial charge on any atom is 0.446 e. The number of rotatable bonds is 4. The zero-order chi connectivity index (χ0) is 14.6. The smallest absolute Gasteiger partial charge is 0.446 e. The molecule has 0 saturated carbocycles. The number of alkyl halides is 3. The van der Waals surface area contributed by atoms with Crippen LogP contribution >= 0.6 is 11.8 Å². The molecule has 0 aliphatic rings. The number of benzene rings is 2. The highest BCUT2D eigenvalue weighted by Gasteiger charge is 2.30. The molecule has 6 heteroatoms. The predicted molar refractivity (Wildman–Crippen MR) is 73.8 cm³/mol. The zero-order valence-corrected chi connectivity index (χ0v) is 11.1. The third kappa shape index (κ3) is 4.38. The Morgan fingerprint density at radius 2 is 1.65 bits per heavy atom. The van der Waals surface area contributed by atoms with Gasteiger partial charge in [0.25, 0.3) is 0 Å². The second-order valence-electron chi connectivity index (χ2n) is 4.06. The van der Waals surface area contributed by atoms with Crippen molar-refractivity contribution in [1.29, 1.82) is 0 Å². The molecule has 0 heterocycles. The first-order valence-electron chi connectivity index (χ1n) is 5.80. The van der Waals surface area contributed by atoms with E-state index in [0.717, 1.165) is 5.56 Å². The van der Waals surface area contributed by atoms with Gasteiger partial charge in [-0.25, -0.2) is 0 Å². The minimum absolute atomic E-state index is 0.138. The summed E-state index contributed by atoms with van der Waals surface area (Å²) in [5.74, 6) is 0.154. The van der Waals surface area contributed by atoms with Crippen molar-refractivity contribution in [3.05, 3.63) is 54.1 Å². The molecular formula is C14H12F3NOS. The van der Waals surface area contributed by atoms with Gasteiger partial charge in [0.15, 0.2) is 0 Å². The van der Waals surface area contributed by atoms with E-state index >= 15 is 0 Å². The van der Waals surface area contributed by atoms with E-state index in [1.54, 1.807) is 30.3 Å². The number of thioether (sulfide) groups is 1. The van der Waals surface area contributed by atoms with Crippen LogP contribution in [-0.2, 0) is 6.54 Å². The summed E-state index contributed by atoms with van der Waals surface area (Å²) in [4.78, 5) is 0.138. The van der Waals surface area contributed by atoms with Crippen molar-refractivity contribution in [3.8, 4) is 5.75 Å². The molecule has 0 spiro atoms. The molecule has 0 aromatic heterocycles. The fraction of sp³-hybridized carbons (Fsp3) is 0.143. The Morgan fingerprint density at radius 3 is 2.30 bits per heavy atom. The van der Waals surface area contributed by atoms with Crippen LogP contribution in [0.5, 0.6) is 5.75 Å². The predicted octanol–water partition coefficient (Wildman–Crippen LogP) is 4.62. The molecule has 0 radical (unpaired) electrons. The maximum absolute atomic E-state index is 12.4. The number of halogens is 3. The van der Waals surface area contributed by atoms with Gasteiger partial charge in [0, 0.05) is 17.1 Å². The molecule has 0 amide bonds. The van der Waals surface area contributed by atoms with Crippen LogP contribution in [0.4, 0.5) is 18.9 Å². The maximum atomic E-state index is 12.4. The molecule has 106 valence electrons. The number of phenols is 1. The minimum atomic E-state index is -4.31. The van der Waals surface area contributed by atoms with Gasteiger partial charge >= 0.3 is 5.51 Å². The molecular weight excluding hydrogens is 287 g/mol. The van der Waals surface area contributed by atoms with Crippen LogP contribution in [0.2, 0.25) is 0 Å². The molecule has 0 bridgehead atoms. The molecule has 0 saturated heterocycles. The number of phenolic OH excluding ortho intramolecular Hbond substituents is 1. The molecule has 2 nitrogen and oxygen atoms in total. The molecule has 2 aromatic rings. The quantitative estimate of drug-likeness (QED) is 0.808. The standard InChI is InChI=1S/C14H12F3NOS/c15-14(16,17)20-13-4-2-1-3-12(13)18-9-10-5-7-11(19)8-6-10/h1-8,18-19H,9H2. The molecule has 0 fully saturated rings. The summed E-state index contributed by atoms with van der Waals surface area (Å²) in [6.45, 7) is 0.385. The van der Waals surface area contributed by atoms with E-state index in [9.17, 15) is 13.2 Å². The van der Waals surface area contributed by atoms with Crippen LogP contribution < -0.4 is 5.32 Å². The van der Waals surface area contributed by atoms with Crippen molar-refractivity contribution in [2.24, 2.45) is 0 Å². The molecule has 0 unspecified atom stereocenters. The monoisotopic (exact) mass is 299 g/mol. The fourth-order valence-corrected chi connectivity index (χ4v) is 2.28. The Bertz CT molecular complexity index is 569. The Balaban J connectivity index is 2.07. The van der Waals surface area contributed by atoms with Crippen molar-refractivity contribution in [2.45, 2.75) is 16.9 Å². The summed E-state index contributed by atoms with van der Waals surface area (Å²) in [7, 11) is 0. The highest BCUT2D eigenvalue weighted by Crippen LogP contribution is 2.40. The van der Waals surface area contributed by atoms with E-state index < -0.39 is 5.51 Å². The average molecular weight is 299 g/mol. The molecule has 0 atom stereocenters. The molecule has 2 rings (SSSR count). The minimum Gasteiger partial charge on any atom is -0.508 e. The SMILES string of the molecule is Oc1ccc(CNc2ccccc2SC(F)(F)F)cc1. The lowest BCUT2D eigenvalue weighted by Gasteiger charge is -2.13. The van der Waals surface area contributed by atoms with Crippen molar-refractivity contribution < 1.29 is 18.3 Å². The normalized spacial score (nSPS) is 11.3. The number of hydrogen-bond donors (Lipinski definition) is 2. The van der Waals surface area contributed by atoms with Gasteiger partial charge in [-0.1, -0.05) is 24.3 Å². The first-order chi connectivity index (χ1) is 9.44. The van der Waals surface area contributed by atoms with E-state index in [-0.39, 0.29) is 22.4 Å². The van der Waals surface area contributed by atoms with Gasteiger partial charge in [-0.2, -0.15) is 13.2 Å². The molecule has 2 N–H and O–H groups in total. The van der Waals surface area contributed by atoms with Gasteiger partial charge in [-0.15, -0.1) is 0 Å². The first kappa shape index (κ1) is 14.6. The van der Waals surface area contributed by atoms with E-state index in [2.05, 4.69) is 5.32 Å². The van der Waals surface area contributed by atoms with E-state index in [1.807, 2.05) is 0 Å². The third-order valence-electron chi connectivity index (χ3n) is 2.53. The lowest BCUT2D eigenvalue weighted by molar-refractivity contribution is -0.0327. The Kier molecular flexibility index (Phi) is 4.44. The summed E-state index contributed by atoms with van der Waals surface area (Å²) in [6.07, 6.45) is 0. The first-order valence-corrected chi connectivity index (χ1v) is 6.62. The van der Waals surface area contributed by atoms with Gasteiger partial charge in [0.1, 0.15) is 5.75 Å². The number of para-hydroxylation sites is 1. The van der Waals surface area contributed by atoms with E-state index in [0.29, 0.717) is 12.2 Å².